The lowest BCUT2D eigenvalue weighted by Gasteiger charge is -2.08. The maximum Gasteiger partial charge on any atom is 0.254 e. The maximum absolute atomic E-state index is 5.50. The summed E-state index contributed by atoms with van der Waals surface area (Å²) in [6.07, 6.45) is 3.78. The molecule has 0 aliphatic rings. The molecule has 6 nitrogen and oxygen atoms in total. The van der Waals surface area contributed by atoms with Crippen LogP contribution in [0.4, 0.5) is 5.82 Å². The van der Waals surface area contributed by atoms with Crippen molar-refractivity contribution in [1.29, 1.82) is 0 Å². The number of nitrogens with one attached hydrogen (secondary N) is 1. The van der Waals surface area contributed by atoms with Gasteiger partial charge in [0.2, 0.25) is 0 Å². The third kappa shape index (κ3) is 3.16. The fourth-order valence-electron chi connectivity index (χ4n) is 1.66. The smallest absolute Gasteiger partial charge is 0.254 e. The molecule has 0 fully saturated rings. The lowest BCUT2D eigenvalue weighted by Crippen LogP contribution is -2.13. The van der Waals surface area contributed by atoms with Crippen molar-refractivity contribution in [2.75, 3.05) is 25.1 Å². The molecular formula is C12H19N5O. The van der Waals surface area contributed by atoms with Crippen molar-refractivity contribution < 1.29 is 4.74 Å². The Kier molecular flexibility index (Phi) is 4.46. The Morgan fingerprint density at radius 2 is 2.28 bits per heavy atom. The number of hydrogen-bond acceptors (Lipinski definition) is 5. The summed E-state index contributed by atoms with van der Waals surface area (Å²) in [5.74, 6) is 1.51. The normalized spacial score (nSPS) is 11.0. The van der Waals surface area contributed by atoms with Crippen LogP contribution in [-0.2, 0) is 4.74 Å². The van der Waals surface area contributed by atoms with Gasteiger partial charge >= 0.3 is 0 Å². The van der Waals surface area contributed by atoms with Crippen LogP contribution in [0.25, 0.3) is 5.78 Å². The van der Waals surface area contributed by atoms with E-state index in [2.05, 4.69) is 27.3 Å². The first-order valence-corrected chi connectivity index (χ1v) is 6.30. The first-order chi connectivity index (χ1) is 8.81. The minimum atomic E-state index is 0.615. The van der Waals surface area contributed by atoms with Gasteiger partial charge in [-0.15, -0.1) is 0 Å². The highest BCUT2D eigenvalue weighted by Gasteiger charge is 2.04. The molecule has 0 spiro atoms. The van der Waals surface area contributed by atoms with E-state index in [1.54, 1.807) is 4.52 Å². The minimum absolute atomic E-state index is 0.615. The Labute approximate surface area is 106 Å². The first-order valence-electron chi connectivity index (χ1n) is 6.30. The van der Waals surface area contributed by atoms with E-state index in [0.29, 0.717) is 12.4 Å². The molecular weight excluding hydrogens is 230 g/mol. The molecule has 0 bridgehead atoms. The van der Waals surface area contributed by atoms with E-state index in [1.165, 1.54) is 6.33 Å². The first kappa shape index (κ1) is 12.8. The van der Waals surface area contributed by atoms with Gasteiger partial charge in [0.05, 0.1) is 6.61 Å². The average Bonchev–Trinajstić information content (AvgIpc) is 2.81. The summed E-state index contributed by atoms with van der Waals surface area (Å²) in [5.41, 5.74) is 0.921. The molecule has 0 aliphatic heterocycles. The summed E-state index contributed by atoms with van der Waals surface area (Å²) in [6, 6.07) is 1.95. The van der Waals surface area contributed by atoms with E-state index >= 15 is 0 Å². The minimum Gasteiger partial charge on any atom is -0.380 e. The van der Waals surface area contributed by atoms with Crippen LogP contribution in [0, 0.1) is 6.92 Å². The van der Waals surface area contributed by atoms with Gasteiger partial charge in [-0.2, -0.15) is 14.6 Å². The van der Waals surface area contributed by atoms with Crippen LogP contribution in [0.5, 0.6) is 0 Å². The molecule has 2 rings (SSSR count). The Balaban J connectivity index is 1.89. The number of unbranched alkanes of at least 4 members (excludes halogenated alkanes) is 1. The Morgan fingerprint density at radius 3 is 3.11 bits per heavy atom. The zero-order valence-electron chi connectivity index (χ0n) is 10.9. The van der Waals surface area contributed by atoms with Gasteiger partial charge in [0.1, 0.15) is 12.1 Å². The van der Waals surface area contributed by atoms with E-state index < -0.39 is 0 Å². The number of rotatable bonds is 7. The molecule has 0 aromatic carbocycles. The van der Waals surface area contributed by atoms with Crippen LogP contribution in [0.15, 0.2) is 12.4 Å². The van der Waals surface area contributed by atoms with Crippen molar-refractivity contribution in [1.82, 2.24) is 19.6 Å². The van der Waals surface area contributed by atoms with Gasteiger partial charge < -0.3 is 10.1 Å². The van der Waals surface area contributed by atoms with Crippen LogP contribution < -0.4 is 5.32 Å². The summed E-state index contributed by atoms with van der Waals surface area (Å²) >= 11 is 0. The van der Waals surface area contributed by atoms with Crippen LogP contribution in [0.3, 0.4) is 0 Å². The van der Waals surface area contributed by atoms with Gasteiger partial charge in [-0.05, 0) is 13.3 Å². The number of nitrogens with zero attached hydrogens (tertiary/aromatic N) is 4. The van der Waals surface area contributed by atoms with Gasteiger partial charge in [0.15, 0.2) is 0 Å². The zero-order chi connectivity index (χ0) is 12.8. The van der Waals surface area contributed by atoms with E-state index in [0.717, 1.165) is 37.5 Å². The van der Waals surface area contributed by atoms with Crippen molar-refractivity contribution in [3.05, 3.63) is 18.1 Å². The number of aryl methyl sites for hydroxylation is 1. The molecule has 2 aromatic rings. The van der Waals surface area contributed by atoms with Gasteiger partial charge in [-0.1, -0.05) is 13.3 Å². The third-order valence-corrected chi connectivity index (χ3v) is 2.57. The largest absolute Gasteiger partial charge is 0.380 e. The number of aromatic nitrogens is 4. The maximum atomic E-state index is 5.50. The predicted molar refractivity (Wildman–Crippen MR) is 69.7 cm³/mol. The molecule has 0 amide bonds. The summed E-state index contributed by atoms with van der Waals surface area (Å²) in [4.78, 5) is 8.36. The summed E-state index contributed by atoms with van der Waals surface area (Å²) in [7, 11) is 0. The van der Waals surface area contributed by atoms with Gasteiger partial charge in [0.25, 0.3) is 5.78 Å². The van der Waals surface area contributed by atoms with Crippen molar-refractivity contribution in [3.63, 3.8) is 0 Å². The molecule has 6 heteroatoms. The number of fused-ring (bicyclic) bond motifs is 1. The molecule has 0 saturated heterocycles. The Hall–Kier alpha value is -1.69. The summed E-state index contributed by atoms with van der Waals surface area (Å²) in [6.45, 7) is 6.37. The molecule has 0 atom stereocenters. The van der Waals surface area contributed by atoms with Crippen molar-refractivity contribution >= 4 is 11.6 Å². The van der Waals surface area contributed by atoms with Crippen molar-refractivity contribution in [3.8, 4) is 0 Å². The second-order valence-electron chi connectivity index (χ2n) is 4.15. The molecule has 0 aliphatic carbocycles. The van der Waals surface area contributed by atoms with E-state index in [9.17, 15) is 0 Å². The summed E-state index contributed by atoms with van der Waals surface area (Å²) < 4.78 is 7.19. The lowest BCUT2D eigenvalue weighted by molar-refractivity contribution is 0.141. The predicted octanol–water partition coefficient (Wildman–Crippen LogP) is 1.66. The SMILES string of the molecule is CCCCOCCNc1cc(C)nc2ncnn12. The number of hydrogen-bond donors (Lipinski definition) is 1. The topological polar surface area (TPSA) is 64.3 Å². The zero-order valence-corrected chi connectivity index (χ0v) is 10.9. The van der Waals surface area contributed by atoms with E-state index in [1.807, 2.05) is 13.0 Å². The van der Waals surface area contributed by atoms with Gasteiger partial charge in [-0.25, -0.2) is 4.98 Å². The molecule has 0 unspecified atom stereocenters. The third-order valence-electron chi connectivity index (χ3n) is 2.57. The highest BCUT2D eigenvalue weighted by atomic mass is 16.5. The fourth-order valence-corrected chi connectivity index (χ4v) is 1.66. The molecule has 18 heavy (non-hydrogen) atoms. The molecule has 2 aromatic heterocycles. The Bertz CT molecular complexity index is 496. The van der Waals surface area contributed by atoms with Crippen LogP contribution in [0.2, 0.25) is 0 Å². The van der Waals surface area contributed by atoms with E-state index in [4.69, 9.17) is 4.74 Å². The fraction of sp³-hybridized carbons (Fsp3) is 0.583. The molecule has 0 radical (unpaired) electrons. The van der Waals surface area contributed by atoms with Crippen molar-refractivity contribution in [2.45, 2.75) is 26.7 Å². The quantitative estimate of drug-likeness (QED) is 0.756. The second-order valence-corrected chi connectivity index (χ2v) is 4.15. The highest BCUT2D eigenvalue weighted by Crippen LogP contribution is 2.09. The highest BCUT2D eigenvalue weighted by molar-refractivity contribution is 5.44. The van der Waals surface area contributed by atoms with Crippen LogP contribution in [-0.4, -0.2) is 39.3 Å². The van der Waals surface area contributed by atoms with Gasteiger partial charge in [-0.3, -0.25) is 0 Å². The summed E-state index contributed by atoms with van der Waals surface area (Å²) in [5, 5.41) is 7.41. The molecule has 2 heterocycles. The van der Waals surface area contributed by atoms with Gasteiger partial charge in [0, 0.05) is 24.9 Å². The molecule has 98 valence electrons. The van der Waals surface area contributed by atoms with Crippen molar-refractivity contribution in [2.24, 2.45) is 0 Å². The second kappa shape index (κ2) is 6.30. The molecule has 1 N–H and O–H groups in total. The Morgan fingerprint density at radius 1 is 1.39 bits per heavy atom. The van der Waals surface area contributed by atoms with E-state index in [-0.39, 0.29) is 0 Å². The monoisotopic (exact) mass is 249 g/mol. The molecule has 0 saturated carbocycles. The number of ether oxygens (including phenoxy) is 1. The standard InChI is InChI=1S/C12H19N5O/c1-3-4-6-18-7-5-13-11-8-10(2)16-12-14-9-15-17(11)12/h8-9,13H,3-7H2,1-2H3. The van der Waals surface area contributed by atoms with Crippen LogP contribution >= 0.6 is 0 Å². The average molecular weight is 249 g/mol. The number of anilines is 1. The van der Waals surface area contributed by atoms with Crippen LogP contribution in [0.1, 0.15) is 25.5 Å². The lowest BCUT2D eigenvalue weighted by atomic mass is 10.4.